The third kappa shape index (κ3) is 5.74. The van der Waals surface area contributed by atoms with Gasteiger partial charge in [-0.15, -0.1) is 0 Å². The number of hydrogen-bond donors (Lipinski definition) is 1. The van der Waals surface area contributed by atoms with Gasteiger partial charge in [-0.25, -0.2) is 0 Å². The molecule has 0 radical (unpaired) electrons. The SMILES string of the molecule is COc1ccc(/C=C/C(=O)c2cccc(O)c2)cc1COc1c(Br)cc(Br)cc1Br. The van der Waals surface area contributed by atoms with Crippen LogP contribution in [0.4, 0.5) is 0 Å². The molecule has 0 amide bonds. The monoisotopic (exact) mass is 594 g/mol. The first-order valence-electron chi connectivity index (χ1n) is 8.83. The van der Waals surface area contributed by atoms with Crippen molar-refractivity contribution in [3.8, 4) is 17.2 Å². The molecular weight excluding hydrogens is 580 g/mol. The van der Waals surface area contributed by atoms with Crippen molar-refractivity contribution in [3.05, 3.63) is 90.8 Å². The van der Waals surface area contributed by atoms with Crippen LogP contribution in [0, 0.1) is 0 Å². The van der Waals surface area contributed by atoms with Crippen LogP contribution in [0.5, 0.6) is 17.2 Å². The molecule has 4 nitrogen and oxygen atoms in total. The first kappa shape index (κ1) is 22.6. The van der Waals surface area contributed by atoms with E-state index < -0.39 is 0 Å². The Labute approximate surface area is 199 Å². The van der Waals surface area contributed by atoms with E-state index in [4.69, 9.17) is 9.47 Å². The van der Waals surface area contributed by atoms with Crippen LogP contribution in [0.25, 0.3) is 6.08 Å². The van der Waals surface area contributed by atoms with Crippen LogP contribution in [0.1, 0.15) is 21.5 Å². The molecule has 0 aromatic heterocycles. The number of carbonyl (C=O) groups is 1. The summed E-state index contributed by atoms with van der Waals surface area (Å²) in [5, 5.41) is 9.54. The van der Waals surface area contributed by atoms with E-state index in [0.717, 1.165) is 24.5 Å². The highest BCUT2D eigenvalue weighted by Crippen LogP contribution is 2.37. The Morgan fingerprint density at radius 3 is 2.43 bits per heavy atom. The second kappa shape index (κ2) is 10.3. The summed E-state index contributed by atoms with van der Waals surface area (Å²) in [6.07, 6.45) is 3.20. The normalized spacial score (nSPS) is 10.9. The third-order valence-electron chi connectivity index (χ3n) is 4.20. The highest BCUT2D eigenvalue weighted by Gasteiger charge is 2.11. The zero-order valence-electron chi connectivity index (χ0n) is 15.9. The van der Waals surface area contributed by atoms with Crippen molar-refractivity contribution in [3.63, 3.8) is 0 Å². The maximum atomic E-state index is 12.3. The van der Waals surface area contributed by atoms with Gasteiger partial charge in [0.1, 0.15) is 23.9 Å². The van der Waals surface area contributed by atoms with Gasteiger partial charge in [0.15, 0.2) is 5.78 Å². The molecular formula is C23H17Br3O4. The summed E-state index contributed by atoms with van der Waals surface area (Å²) >= 11 is 10.5. The van der Waals surface area contributed by atoms with E-state index in [9.17, 15) is 9.90 Å². The van der Waals surface area contributed by atoms with Gasteiger partial charge >= 0.3 is 0 Å². The van der Waals surface area contributed by atoms with E-state index in [0.29, 0.717) is 17.1 Å². The lowest BCUT2D eigenvalue weighted by molar-refractivity contribution is 0.104. The molecule has 0 aliphatic heterocycles. The second-order valence-electron chi connectivity index (χ2n) is 6.31. The molecule has 0 atom stereocenters. The smallest absolute Gasteiger partial charge is 0.185 e. The highest BCUT2D eigenvalue weighted by atomic mass is 79.9. The number of rotatable bonds is 7. The number of ether oxygens (including phenoxy) is 2. The largest absolute Gasteiger partial charge is 0.508 e. The minimum absolute atomic E-state index is 0.0587. The van der Waals surface area contributed by atoms with Crippen molar-refractivity contribution in [2.24, 2.45) is 0 Å². The fraction of sp³-hybridized carbons (Fsp3) is 0.0870. The van der Waals surface area contributed by atoms with Crippen molar-refractivity contribution in [2.75, 3.05) is 7.11 Å². The Balaban J connectivity index is 1.79. The number of halogens is 3. The number of aromatic hydroxyl groups is 1. The van der Waals surface area contributed by atoms with Crippen molar-refractivity contribution >= 4 is 59.6 Å². The van der Waals surface area contributed by atoms with Crippen molar-refractivity contribution < 1.29 is 19.4 Å². The van der Waals surface area contributed by atoms with Crippen LogP contribution >= 0.6 is 47.8 Å². The summed E-state index contributed by atoms with van der Waals surface area (Å²) in [6, 6.07) is 15.7. The molecule has 0 bridgehead atoms. The van der Waals surface area contributed by atoms with Gasteiger partial charge in [-0.2, -0.15) is 0 Å². The third-order valence-corrected chi connectivity index (χ3v) is 5.83. The van der Waals surface area contributed by atoms with Gasteiger partial charge in [0.25, 0.3) is 0 Å². The topological polar surface area (TPSA) is 55.8 Å². The number of phenols is 1. The molecule has 0 saturated carbocycles. The standard InChI is InChI=1S/C23H17Br3O4/c1-29-22-8-6-14(5-7-21(28)15-3-2-4-18(27)10-15)9-16(22)13-30-23-19(25)11-17(24)12-20(23)26/h2-12,27H,13H2,1H3/b7-5+. The maximum Gasteiger partial charge on any atom is 0.185 e. The summed E-state index contributed by atoms with van der Waals surface area (Å²) in [6.45, 7) is 0.282. The molecule has 0 aliphatic rings. The molecule has 3 rings (SSSR count). The number of allylic oxidation sites excluding steroid dienone is 1. The summed E-state index contributed by atoms with van der Waals surface area (Å²) in [7, 11) is 1.60. The van der Waals surface area contributed by atoms with Crippen LogP contribution in [0.3, 0.4) is 0 Å². The van der Waals surface area contributed by atoms with Gasteiger partial charge in [-0.3, -0.25) is 4.79 Å². The van der Waals surface area contributed by atoms with E-state index in [1.165, 1.54) is 18.2 Å². The average molecular weight is 597 g/mol. The van der Waals surface area contributed by atoms with Crippen LogP contribution in [-0.4, -0.2) is 18.0 Å². The molecule has 3 aromatic rings. The average Bonchev–Trinajstić information content (AvgIpc) is 2.71. The molecule has 7 heteroatoms. The second-order valence-corrected chi connectivity index (χ2v) is 8.93. The Bertz CT molecular complexity index is 1090. The van der Waals surface area contributed by atoms with Crippen LogP contribution in [0.15, 0.2) is 74.1 Å². The van der Waals surface area contributed by atoms with E-state index in [2.05, 4.69) is 47.8 Å². The van der Waals surface area contributed by atoms with Crippen LogP contribution < -0.4 is 9.47 Å². The molecule has 0 unspecified atom stereocenters. The summed E-state index contributed by atoms with van der Waals surface area (Å²) in [4.78, 5) is 12.3. The van der Waals surface area contributed by atoms with Gasteiger partial charge in [0.2, 0.25) is 0 Å². The lowest BCUT2D eigenvalue weighted by Gasteiger charge is -2.14. The summed E-state index contributed by atoms with van der Waals surface area (Å²) < 4.78 is 14.0. The molecule has 0 fully saturated rings. The molecule has 0 saturated heterocycles. The molecule has 1 N–H and O–H groups in total. The molecule has 0 aliphatic carbocycles. The van der Waals surface area contributed by atoms with E-state index >= 15 is 0 Å². The van der Waals surface area contributed by atoms with Crippen LogP contribution in [0.2, 0.25) is 0 Å². The van der Waals surface area contributed by atoms with Gasteiger partial charge in [-0.05, 0) is 79.9 Å². The van der Waals surface area contributed by atoms with E-state index in [1.807, 2.05) is 30.3 Å². The van der Waals surface area contributed by atoms with Gasteiger partial charge in [0, 0.05) is 15.6 Å². The lowest BCUT2D eigenvalue weighted by Crippen LogP contribution is -2.00. The first-order chi connectivity index (χ1) is 14.4. The Kier molecular flexibility index (Phi) is 7.75. The zero-order chi connectivity index (χ0) is 21.7. The minimum Gasteiger partial charge on any atom is -0.508 e. The highest BCUT2D eigenvalue weighted by molar-refractivity contribution is 9.11. The summed E-state index contributed by atoms with van der Waals surface area (Å²) in [5.74, 6) is 1.24. The molecule has 0 heterocycles. The van der Waals surface area contributed by atoms with Crippen molar-refractivity contribution in [1.82, 2.24) is 0 Å². The predicted molar refractivity (Wildman–Crippen MR) is 128 cm³/mol. The predicted octanol–water partition coefficient (Wildman–Crippen LogP) is 7.16. The quantitative estimate of drug-likeness (QED) is 0.232. The fourth-order valence-electron chi connectivity index (χ4n) is 2.76. The lowest BCUT2D eigenvalue weighted by atomic mass is 10.1. The van der Waals surface area contributed by atoms with Gasteiger partial charge in [-0.1, -0.05) is 40.2 Å². The van der Waals surface area contributed by atoms with Gasteiger partial charge in [0.05, 0.1) is 16.1 Å². The minimum atomic E-state index is -0.192. The molecule has 30 heavy (non-hydrogen) atoms. The molecule has 154 valence electrons. The van der Waals surface area contributed by atoms with E-state index in [1.54, 1.807) is 25.3 Å². The van der Waals surface area contributed by atoms with E-state index in [-0.39, 0.29) is 18.1 Å². The Hall–Kier alpha value is -2.09. The number of carbonyl (C=O) groups excluding carboxylic acids is 1. The zero-order valence-corrected chi connectivity index (χ0v) is 20.6. The fourth-order valence-corrected chi connectivity index (χ4v) is 5.25. The number of ketones is 1. The molecule has 3 aromatic carbocycles. The van der Waals surface area contributed by atoms with Gasteiger partial charge < -0.3 is 14.6 Å². The Morgan fingerprint density at radius 2 is 1.77 bits per heavy atom. The number of phenolic OH excluding ortho intramolecular Hbond substituents is 1. The summed E-state index contributed by atoms with van der Waals surface area (Å²) in [5.41, 5.74) is 2.09. The van der Waals surface area contributed by atoms with Crippen molar-refractivity contribution in [1.29, 1.82) is 0 Å². The molecule has 0 spiro atoms. The number of hydrogen-bond acceptors (Lipinski definition) is 4. The number of methoxy groups -OCH3 is 1. The first-order valence-corrected chi connectivity index (χ1v) is 11.2. The maximum absolute atomic E-state index is 12.3. The Morgan fingerprint density at radius 1 is 1.03 bits per heavy atom. The van der Waals surface area contributed by atoms with Crippen molar-refractivity contribution in [2.45, 2.75) is 6.61 Å². The number of benzene rings is 3. The van der Waals surface area contributed by atoms with Crippen LogP contribution in [-0.2, 0) is 6.61 Å².